The van der Waals surface area contributed by atoms with Gasteiger partial charge in [-0.1, -0.05) is 43.1 Å². The van der Waals surface area contributed by atoms with Crippen molar-refractivity contribution in [1.29, 1.82) is 0 Å². The molecule has 0 spiro atoms. The van der Waals surface area contributed by atoms with Crippen LogP contribution in [0.1, 0.15) is 42.5 Å². The van der Waals surface area contributed by atoms with Crippen LogP contribution >= 0.6 is 11.6 Å². The van der Waals surface area contributed by atoms with Crippen molar-refractivity contribution in [2.24, 2.45) is 0 Å². The third-order valence-corrected chi connectivity index (χ3v) is 5.95. The summed E-state index contributed by atoms with van der Waals surface area (Å²) in [6.07, 6.45) is 5.27. The SMILES string of the molecule is CCCCOc1ccc(/C(O)=C2/C(=O)C(=O)N(Cc3cccnc3)C2c2ccc(Cl)cc2)cc1. The van der Waals surface area contributed by atoms with Crippen LogP contribution in [-0.4, -0.2) is 33.3 Å². The summed E-state index contributed by atoms with van der Waals surface area (Å²) in [7, 11) is 0. The molecule has 6 nitrogen and oxygen atoms in total. The van der Waals surface area contributed by atoms with E-state index in [-0.39, 0.29) is 17.9 Å². The van der Waals surface area contributed by atoms with Gasteiger partial charge in [0, 0.05) is 29.5 Å². The molecule has 1 N–H and O–H groups in total. The fourth-order valence-electron chi connectivity index (χ4n) is 3.92. The van der Waals surface area contributed by atoms with Gasteiger partial charge in [0.15, 0.2) is 0 Å². The second kappa shape index (κ2) is 10.5. The zero-order valence-electron chi connectivity index (χ0n) is 18.8. The van der Waals surface area contributed by atoms with Gasteiger partial charge in [0.1, 0.15) is 11.5 Å². The molecule has 1 fully saturated rings. The van der Waals surface area contributed by atoms with E-state index in [0.29, 0.717) is 28.5 Å². The highest BCUT2D eigenvalue weighted by Gasteiger charge is 2.46. The Kier molecular flexibility index (Phi) is 7.28. The maximum Gasteiger partial charge on any atom is 0.295 e. The van der Waals surface area contributed by atoms with Gasteiger partial charge in [-0.2, -0.15) is 0 Å². The molecule has 2 aromatic carbocycles. The van der Waals surface area contributed by atoms with Crippen LogP contribution in [0, 0.1) is 0 Å². The van der Waals surface area contributed by atoms with Crippen LogP contribution in [0.2, 0.25) is 5.02 Å². The van der Waals surface area contributed by atoms with Crippen molar-refractivity contribution in [3.63, 3.8) is 0 Å². The van der Waals surface area contributed by atoms with Crippen LogP contribution in [0.25, 0.3) is 5.76 Å². The number of nitrogens with zero attached hydrogens (tertiary/aromatic N) is 2. The van der Waals surface area contributed by atoms with E-state index in [1.807, 2.05) is 6.07 Å². The Labute approximate surface area is 203 Å². The Morgan fingerprint density at radius 1 is 1.09 bits per heavy atom. The summed E-state index contributed by atoms with van der Waals surface area (Å²) >= 11 is 6.07. The summed E-state index contributed by atoms with van der Waals surface area (Å²) in [6.45, 7) is 2.87. The minimum Gasteiger partial charge on any atom is -0.507 e. The van der Waals surface area contributed by atoms with E-state index < -0.39 is 17.7 Å². The molecule has 1 aliphatic rings. The number of hydrogen-bond donors (Lipinski definition) is 1. The van der Waals surface area contributed by atoms with E-state index >= 15 is 0 Å². The molecule has 0 bridgehead atoms. The lowest BCUT2D eigenvalue weighted by atomic mass is 9.95. The summed E-state index contributed by atoms with van der Waals surface area (Å²) in [5.41, 5.74) is 1.92. The molecule has 4 rings (SSSR count). The number of pyridine rings is 1. The van der Waals surface area contributed by atoms with Crippen LogP contribution in [-0.2, 0) is 16.1 Å². The predicted octanol–water partition coefficient (Wildman–Crippen LogP) is 5.54. The topological polar surface area (TPSA) is 79.7 Å². The fourth-order valence-corrected chi connectivity index (χ4v) is 4.05. The molecule has 2 heterocycles. The lowest BCUT2D eigenvalue weighted by Gasteiger charge is -2.25. The number of ketones is 1. The third kappa shape index (κ3) is 4.97. The van der Waals surface area contributed by atoms with Crippen molar-refractivity contribution < 1.29 is 19.4 Å². The number of carbonyl (C=O) groups excluding carboxylic acids is 2. The van der Waals surface area contributed by atoms with E-state index in [1.54, 1.807) is 67.0 Å². The number of benzene rings is 2. The summed E-state index contributed by atoms with van der Waals surface area (Å²) in [5.74, 6) is -0.960. The first-order valence-electron chi connectivity index (χ1n) is 11.2. The Morgan fingerprint density at radius 2 is 1.82 bits per heavy atom. The quantitative estimate of drug-likeness (QED) is 0.200. The van der Waals surface area contributed by atoms with E-state index in [2.05, 4.69) is 11.9 Å². The first-order valence-corrected chi connectivity index (χ1v) is 11.5. The number of Topliss-reactive ketones (excluding diaryl/α,β-unsaturated/α-hetero) is 1. The Hall–Kier alpha value is -3.64. The summed E-state index contributed by atoms with van der Waals surface area (Å²) in [6, 6.07) is 16.6. The molecule has 1 saturated heterocycles. The second-order valence-electron chi connectivity index (χ2n) is 8.07. The molecule has 0 saturated carbocycles. The van der Waals surface area contributed by atoms with E-state index in [1.165, 1.54) is 4.90 Å². The summed E-state index contributed by atoms with van der Waals surface area (Å²) in [5, 5.41) is 11.7. The van der Waals surface area contributed by atoms with Gasteiger partial charge in [-0.05, 0) is 60.0 Å². The molecule has 34 heavy (non-hydrogen) atoms. The lowest BCUT2D eigenvalue weighted by Crippen LogP contribution is -2.29. The van der Waals surface area contributed by atoms with Crippen LogP contribution in [0.15, 0.2) is 78.6 Å². The summed E-state index contributed by atoms with van der Waals surface area (Å²) in [4.78, 5) is 31.8. The molecule has 1 amide bonds. The zero-order chi connectivity index (χ0) is 24.1. The molecule has 1 unspecified atom stereocenters. The maximum atomic E-state index is 13.1. The third-order valence-electron chi connectivity index (χ3n) is 5.70. The molecule has 1 aliphatic heterocycles. The lowest BCUT2D eigenvalue weighted by molar-refractivity contribution is -0.140. The molecule has 1 atom stereocenters. The van der Waals surface area contributed by atoms with E-state index in [9.17, 15) is 14.7 Å². The van der Waals surface area contributed by atoms with Gasteiger partial charge in [-0.3, -0.25) is 14.6 Å². The van der Waals surface area contributed by atoms with Crippen molar-refractivity contribution >= 4 is 29.1 Å². The van der Waals surface area contributed by atoms with Gasteiger partial charge in [-0.15, -0.1) is 0 Å². The van der Waals surface area contributed by atoms with Crippen molar-refractivity contribution in [2.75, 3.05) is 6.61 Å². The van der Waals surface area contributed by atoms with Crippen molar-refractivity contribution in [2.45, 2.75) is 32.4 Å². The first-order chi connectivity index (χ1) is 16.5. The van der Waals surface area contributed by atoms with Crippen LogP contribution < -0.4 is 4.74 Å². The minimum absolute atomic E-state index is 0.0378. The number of carbonyl (C=O) groups is 2. The largest absolute Gasteiger partial charge is 0.507 e. The average molecular weight is 477 g/mol. The molecule has 0 aliphatic carbocycles. The van der Waals surface area contributed by atoms with Gasteiger partial charge in [0.2, 0.25) is 0 Å². The van der Waals surface area contributed by atoms with Gasteiger partial charge < -0.3 is 14.7 Å². The molecule has 3 aromatic rings. The average Bonchev–Trinajstić information content (AvgIpc) is 3.10. The number of rotatable bonds is 8. The smallest absolute Gasteiger partial charge is 0.295 e. The Morgan fingerprint density at radius 3 is 2.47 bits per heavy atom. The van der Waals surface area contributed by atoms with Crippen molar-refractivity contribution in [1.82, 2.24) is 9.88 Å². The highest BCUT2D eigenvalue weighted by atomic mass is 35.5. The number of aromatic nitrogens is 1. The van der Waals surface area contributed by atoms with Crippen LogP contribution in [0.5, 0.6) is 5.75 Å². The molecule has 0 radical (unpaired) electrons. The molecule has 7 heteroatoms. The van der Waals surface area contributed by atoms with Crippen molar-refractivity contribution in [3.8, 4) is 5.75 Å². The first kappa shape index (κ1) is 23.5. The van der Waals surface area contributed by atoms with Crippen LogP contribution in [0.3, 0.4) is 0 Å². The Balaban J connectivity index is 1.74. The fraction of sp³-hybridized carbons (Fsp3) is 0.222. The number of amides is 1. The van der Waals surface area contributed by atoms with Gasteiger partial charge in [0.05, 0.1) is 18.2 Å². The maximum absolute atomic E-state index is 13.1. The van der Waals surface area contributed by atoms with Gasteiger partial charge in [-0.25, -0.2) is 0 Å². The molecular formula is C27H25ClN2O4. The number of aliphatic hydroxyl groups excluding tert-OH is 1. The minimum atomic E-state index is -0.766. The molecule has 1 aromatic heterocycles. The van der Waals surface area contributed by atoms with E-state index in [0.717, 1.165) is 18.4 Å². The Bertz CT molecular complexity index is 1190. The number of halogens is 1. The number of unbranched alkanes of at least 4 members (excludes halogenated alkanes) is 1. The summed E-state index contributed by atoms with van der Waals surface area (Å²) < 4.78 is 5.68. The molecule has 174 valence electrons. The number of ether oxygens (including phenoxy) is 1. The monoisotopic (exact) mass is 476 g/mol. The van der Waals surface area contributed by atoms with Crippen LogP contribution in [0.4, 0.5) is 0 Å². The highest BCUT2D eigenvalue weighted by molar-refractivity contribution is 6.46. The van der Waals surface area contributed by atoms with Crippen molar-refractivity contribution in [3.05, 3.63) is 100 Å². The zero-order valence-corrected chi connectivity index (χ0v) is 19.5. The normalized spacial score (nSPS) is 17.2. The number of aliphatic hydroxyl groups is 1. The predicted molar refractivity (Wildman–Crippen MR) is 130 cm³/mol. The number of hydrogen-bond acceptors (Lipinski definition) is 5. The standard InChI is InChI=1S/C27H25ClN2O4/c1-2-3-15-34-22-12-8-20(9-13-22)25(31)23-24(19-6-10-21(28)11-7-19)30(27(33)26(23)32)17-18-5-4-14-29-16-18/h4-14,16,24,31H,2-3,15,17H2,1H3/b25-23-. The van der Waals surface area contributed by atoms with Gasteiger partial charge in [0.25, 0.3) is 11.7 Å². The van der Waals surface area contributed by atoms with E-state index in [4.69, 9.17) is 16.3 Å². The molecular weight excluding hydrogens is 452 g/mol. The number of likely N-dealkylation sites (tertiary alicyclic amines) is 1. The van der Waals surface area contributed by atoms with Gasteiger partial charge >= 0.3 is 0 Å². The second-order valence-corrected chi connectivity index (χ2v) is 8.50. The highest BCUT2D eigenvalue weighted by Crippen LogP contribution is 2.40.